The molecule has 2 heteroatoms. The van der Waals surface area contributed by atoms with Gasteiger partial charge < -0.3 is 11.1 Å². The molecule has 0 amide bonds. The van der Waals surface area contributed by atoms with E-state index in [9.17, 15) is 0 Å². The van der Waals surface area contributed by atoms with Gasteiger partial charge >= 0.3 is 0 Å². The molecule has 0 aromatic heterocycles. The standard InChI is InChI=1S/C10H20N2/c1-7-5-9(7)12-6-10(2,11)8-3-4-8/h7-9,12H,3-6,11H2,1-2H3. The second-order valence-electron chi connectivity index (χ2n) is 4.98. The molecule has 2 aliphatic rings. The molecule has 0 saturated heterocycles. The van der Waals surface area contributed by atoms with Gasteiger partial charge in [0, 0.05) is 18.1 Å². The molecule has 0 aromatic rings. The lowest BCUT2D eigenvalue weighted by atomic mass is 9.97. The minimum atomic E-state index is 0.0578. The summed E-state index contributed by atoms with van der Waals surface area (Å²) in [4.78, 5) is 0. The fraction of sp³-hybridized carbons (Fsp3) is 1.00. The highest BCUT2D eigenvalue weighted by atomic mass is 15.0. The van der Waals surface area contributed by atoms with Crippen molar-refractivity contribution in [3.05, 3.63) is 0 Å². The lowest BCUT2D eigenvalue weighted by Crippen LogP contribution is -2.48. The summed E-state index contributed by atoms with van der Waals surface area (Å²) in [5, 5.41) is 3.54. The van der Waals surface area contributed by atoms with Crippen molar-refractivity contribution < 1.29 is 0 Å². The molecule has 2 saturated carbocycles. The molecule has 3 atom stereocenters. The van der Waals surface area contributed by atoms with Crippen molar-refractivity contribution in [2.45, 2.75) is 44.7 Å². The molecule has 2 aliphatic carbocycles. The summed E-state index contributed by atoms with van der Waals surface area (Å²) in [5.41, 5.74) is 6.24. The highest BCUT2D eigenvalue weighted by molar-refractivity contribution is 4.99. The zero-order valence-electron chi connectivity index (χ0n) is 8.14. The third kappa shape index (κ3) is 1.80. The lowest BCUT2D eigenvalue weighted by molar-refractivity contribution is 0.376. The van der Waals surface area contributed by atoms with Gasteiger partial charge in [0.2, 0.25) is 0 Å². The normalized spacial score (nSPS) is 39.2. The second kappa shape index (κ2) is 2.71. The van der Waals surface area contributed by atoms with Gasteiger partial charge in [0.05, 0.1) is 0 Å². The first-order chi connectivity index (χ1) is 5.59. The first-order valence-corrected chi connectivity index (χ1v) is 5.12. The van der Waals surface area contributed by atoms with Gasteiger partial charge in [0.15, 0.2) is 0 Å². The van der Waals surface area contributed by atoms with Crippen molar-refractivity contribution in [3.8, 4) is 0 Å². The Morgan fingerprint density at radius 1 is 1.50 bits per heavy atom. The molecule has 2 nitrogen and oxygen atoms in total. The molecule has 3 unspecified atom stereocenters. The number of hydrogen-bond acceptors (Lipinski definition) is 2. The first-order valence-electron chi connectivity index (χ1n) is 5.12. The fourth-order valence-corrected chi connectivity index (χ4v) is 1.84. The van der Waals surface area contributed by atoms with Gasteiger partial charge in [-0.3, -0.25) is 0 Å². The van der Waals surface area contributed by atoms with Gasteiger partial charge in [-0.2, -0.15) is 0 Å². The Hall–Kier alpha value is -0.0800. The monoisotopic (exact) mass is 168 g/mol. The van der Waals surface area contributed by atoms with E-state index in [-0.39, 0.29) is 5.54 Å². The Kier molecular flexibility index (Phi) is 1.92. The minimum Gasteiger partial charge on any atom is -0.324 e. The van der Waals surface area contributed by atoms with Gasteiger partial charge in [0.25, 0.3) is 0 Å². The van der Waals surface area contributed by atoms with Gasteiger partial charge in [0.1, 0.15) is 0 Å². The highest BCUT2D eigenvalue weighted by Gasteiger charge is 2.40. The molecule has 0 spiro atoms. The average molecular weight is 168 g/mol. The predicted molar refractivity (Wildman–Crippen MR) is 50.9 cm³/mol. The predicted octanol–water partition coefficient (Wildman–Crippen LogP) is 1.11. The quantitative estimate of drug-likeness (QED) is 0.660. The smallest absolute Gasteiger partial charge is 0.0280 e. The molecule has 0 heterocycles. The molecule has 3 N–H and O–H groups in total. The van der Waals surface area contributed by atoms with Crippen LogP contribution in [0.5, 0.6) is 0 Å². The van der Waals surface area contributed by atoms with Crippen molar-refractivity contribution in [3.63, 3.8) is 0 Å². The van der Waals surface area contributed by atoms with E-state index in [1.165, 1.54) is 19.3 Å². The van der Waals surface area contributed by atoms with Gasteiger partial charge in [-0.15, -0.1) is 0 Å². The SMILES string of the molecule is CC1CC1NCC(C)(N)C1CC1. The number of nitrogens with one attached hydrogen (secondary N) is 1. The Morgan fingerprint density at radius 3 is 2.50 bits per heavy atom. The van der Waals surface area contributed by atoms with E-state index in [2.05, 4.69) is 19.2 Å². The third-order valence-electron chi connectivity index (χ3n) is 3.36. The molecule has 2 fully saturated rings. The van der Waals surface area contributed by atoms with Crippen LogP contribution in [0.1, 0.15) is 33.1 Å². The fourth-order valence-electron chi connectivity index (χ4n) is 1.84. The van der Waals surface area contributed by atoms with Crippen molar-refractivity contribution in [2.75, 3.05) is 6.54 Å². The van der Waals surface area contributed by atoms with Crippen LogP contribution in [0, 0.1) is 11.8 Å². The van der Waals surface area contributed by atoms with Crippen LogP contribution < -0.4 is 11.1 Å². The third-order valence-corrected chi connectivity index (χ3v) is 3.36. The molecule has 0 aromatic carbocycles. The molecule has 0 radical (unpaired) electrons. The Balaban J connectivity index is 1.70. The van der Waals surface area contributed by atoms with Crippen molar-refractivity contribution in [2.24, 2.45) is 17.6 Å². The van der Waals surface area contributed by atoms with E-state index in [1.54, 1.807) is 0 Å². The zero-order valence-corrected chi connectivity index (χ0v) is 8.14. The summed E-state index contributed by atoms with van der Waals surface area (Å²) in [6.45, 7) is 5.49. The Bertz CT molecular complexity index is 173. The molecular formula is C10H20N2. The molecule has 12 heavy (non-hydrogen) atoms. The average Bonchev–Trinajstić information content (AvgIpc) is 2.77. The zero-order chi connectivity index (χ0) is 8.77. The van der Waals surface area contributed by atoms with Crippen LogP contribution in [0.15, 0.2) is 0 Å². The molecule has 2 rings (SSSR count). The number of nitrogens with two attached hydrogens (primary N) is 1. The van der Waals surface area contributed by atoms with Crippen LogP contribution in [0.3, 0.4) is 0 Å². The molecule has 0 aliphatic heterocycles. The van der Waals surface area contributed by atoms with Crippen LogP contribution in [0.4, 0.5) is 0 Å². The molecule has 0 bridgehead atoms. The van der Waals surface area contributed by atoms with Gasteiger partial charge in [-0.05, 0) is 38.0 Å². The summed E-state index contributed by atoms with van der Waals surface area (Å²) in [6, 6.07) is 0.770. The Morgan fingerprint density at radius 2 is 2.08 bits per heavy atom. The Labute approximate surface area is 74.9 Å². The van der Waals surface area contributed by atoms with E-state index in [0.29, 0.717) is 0 Å². The van der Waals surface area contributed by atoms with E-state index in [0.717, 1.165) is 24.4 Å². The minimum absolute atomic E-state index is 0.0578. The summed E-state index contributed by atoms with van der Waals surface area (Å²) < 4.78 is 0. The van der Waals surface area contributed by atoms with Crippen LogP contribution in [-0.2, 0) is 0 Å². The summed E-state index contributed by atoms with van der Waals surface area (Å²) >= 11 is 0. The molecular weight excluding hydrogens is 148 g/mol. The van der Waals surface area contributed by atoms with Crippen molar-refractivity contribution in [1.29, 1.82) is 0 Å². The highest BCUT2D eigenvalue weighted by Crippen LogP contribution is 2.38. The summed E-state index contributed by atoms with van der Waals surface area (Å²) in [6.07, 6.45) is 4.03. The van der Waals surface area contributed by atoms with E-state index < -0.39 is 0 Å². The van der Waals surface area contributed by atoms with E-state index in [4.69, 9.17) is 5.73 Å². The summed E-state index contributed by atoms with van der Waals surface area (Å²) in [7, 11) is 0. The second-order valence-corrected chi connectivity index (χ2v) is 4.98. The lowest BCUT2D eigenvalue weighted by Gasteiger charge is -2.24. The van der Waals surface area contributed by atoms with Crippen LogP contribution in [0.2, 0.25) is 0 Å². The van der Waals surface area contributed by atoms with Crippen LogP contribution >= 0.6 is 0 Å². The summed E-state index contributed by atoms with van der Waals surface area (Å²) in [5.74, 6) is 1.68. The van der Waals surface area contributed by atoms with Crippen LogP contribution in [-0.4, -0.2) is 18.1 Å². The topological polar surface area (TPSA) is 38.0 Å². The number of rotatable bonds is 4. The number of hydrogen-bond donors (Lipinski definition) is 2. The maximum atomic E-state index is 6.18. The first kappa shape index (κ1) is 8.52. The van der Waals surface area contributed by atoms with Crippen LogP contribution in [0.25, 0.3) is 0 Å². The van der Waals surface area contributed by atoms with Crippen molar-refractivity contribution >= 4 is 0 Å². The van der Waals surface area contributed by atoms with Gasteiger partial charge in [-0.1, -0.05) is 6.92 Å². The van der Waals surface area contributed by atoms with Gasteiger partial charge in [-0.25, -0.2) is 0 Å². The largest absolute Gasteiger partial charge is 0.324 e. The molecule has 70 valence electrons. The maximum Gasteiger partial charge on any atom is 0.0280 e. The maximum absolute atomic E-state index is 6.18. The van der Waals surface area contributed by atoms with E-state index in [1.807, 2.05) is 0 Å². The van der Waals surface area contributed by atoms with Crippen molar-refractivity contribution in [1.82, 2.24) is 5.32 Å². The van der Waals surface area contributed by atoms with E-state index >= 15 is 0 Å².